The Balaban J connectivity index is 1.04. The average Bonchev–Trinajstić information content (AvgIpc) is 4.05. The fourth-order valence-electron chi connectivity index (χ4n) is 11.2. The molecule has 10 aromatic carbocycles. The van der Waals surface area contributed by atoms with Crippen LogP contribution in [-0.2, 0) is 5.41 Å². The molecule has 12 aromatic rings. The summed E-state index contributed by atoms with van der Waals surface area (Å²) in [6.45, 7) is 4.34. The molecule has 0 amide bonds. The van der Waals surface area contributed by atoms with Gasteiger partial charge < -0.3 is 13.7 Å². The first-order chi connectivity index (χ1) is 33.6. The number of anilines is 2. The minimum atomic E-state index is -0.553. The number of nitrogens with zero attached hydrogens (tertiary/aromatic N) is 1. The van der Waals surface area contributed by atoms with Gasteiger partial charge in [0.05, 0.1) is 5.41 Å². The highest BCUT2D eigenvalue weighted by Crippen LogP contribution is 2.57. The van der Waals surface area contributed by atoms with Crippen molar-refractivity contribution in [3.8, 4) is 22.3 Å². The van der Waals surface area contributed by atoms with Crippen LogP contribution in [-0.4, -0.2) is 0 Å². The molecular formula is C65H45NO2. The predicted octanol–water partition coefficient (Wildman–Crippen LogP) is 17.8. The molecule has 2 heterocycles. The van der Waals surface area contributed by atoms with Gasteiger partial charge in [-0.2, -0.15) is 0 Å². The summed E-state index contributed by atoms with van der Waals surface area (Å²) >= 11 is 0. The lowest BCUT2D eigenvalue weighted by Gasteiger charge is -2.35. The van der Waals surface area contributed by atoms with E-state index >= 15 is 0 Å². The molecule has 0 aliphatic heterocycles. The summed E-state index contributed by atoms with van der Waals surface area (Å²) in [6.07, 6.45) is 4.37. The van der Waals surface area contributed by atoms with Crippen molar-refractivity contribution in [1.29, 1.82) is 0 Å². The van der Waals surface area contributed by atoms with E-state index in [1.165, 1.54) is 38.8 Å². The van der Waals surface area contributed by atoms with Gasteiger partial charge in [0.25, 0.3) is 0 Å². The van der Waals surface area contributed by atoms with Crippen LogP contribution >= 0.6 is 0 Å². The van der Waals surface area contributed by atoms with E-state index in [4.69, 9.17) is 8.83 Å². The first-order valence-corrected chi connectivity index (χ1v) is 23.4. The SMILES string of the molecule is C/C=C\C(=C(/C)N(c1ccc(-c2ccc3c(c2)oc2ccccc23)cc1)c1ccc2c(c1)C(c1ccccc1)(c1ccccc1)c1ccccc1-2)c1cccc2c1oc1cc3ccccc3cc12. The van der Waals surface area contributed by atoms with Gasteiger partial charge in [0.1, 0.15) is 22.3 Å². The molecule has 0 unspecified atom stereocenters. The fourth-order valence-corrected chi connectivity index (χ4v) is 11.2. The van der Waals surface area contributed by atoms with Crippen molar-refractivity contribution in [3.63, 3.8) is 0 Å². The van der Waals surface area contributed by atoms with Crippen LogP contribution in [0, 0.1) is 0 Å². The number of rotatable bonds is 8. The van der Waals surface area contributed by atoms with Gasteiger partial charge >= 0.3 is 0 Å². The third-order valence-corrected chi connectivity index (χ3v) is 14.3. The molecule has 0 fully saturated rings. The minimum Gasteiger partial charge on any atom is -0.456 e. The Bertz CT molecular complexity index is 3940. The van der Waals surface area contributed by atoms with Gasteiger partial charge in [-0.3, -0.25) is 0 Å². The average molecular weight is 872 g/mol. The highest BCUT2D eigenvalue weighted by atomic mass is 16.3. The highest BCUT2D eigenvalue weighted by Gasteiger charge is 2.46. The molecular weight excluding hydrogens is 827 g/mol. The van der Waals surface area contributed by atoms with E-state index in [-0.39, 0.29) is 0 Å². The van der Waals surface area contributed by atoms with E-state index in [0.717, 1.165) is 88.6 Å². The summed E-state index contributed by atoms with van der Waals surface area (Å²) in [5, 5.41) is 6.82. The lowest BCUT2D eigenvalue weighted by atomic mass is 9.67. The zero-order valence-corrected chi connectivity index (χ0v) is 37.8. The topological polar surface area (TPSA) is 29.5 Å². The van der Waals surface area contributed by atoms with Crippen molar-refractivity contribution in [1.82, 2.24) is 0 Å². The Morgan fingerprint density at radius 2 is 1.06 bits per heavy atom. The largest absolute Gasteiger partial charge is 0.456 e. The molecule has 1 aliphatic rings. The van der Waals surface area contributed by atoms with Gasteiger partial charge in [0.2, 0.25) is 0 Å². The van der Waals surface area contributed by atoms with E-state index in [9.17, 15) is 0 Å². The van der Waals surface area contributed by atoms with Gasteiger partial charge in [-0.25, -0.2) is 0 Å². The summed E-state index contributed by atoms with van der Waals surface area (Å²) in [5.74, 6) is 0. The van der Waals surface area contributed by atoms with Gasteiger partial charge in [0, 0.05) is 49.8 Å². The van der Waals surface area contributed by atoms with Crippen LogP contribution in [0.4, 0.5) is 11.4 Å². The molecule has 0 saturated carbocycles. The van der Waals surface area contributed by atoms with Crippen molar-refractivity contribution in [2.45, 2.75) is 19.3 Å². The number of para-hydroxylation sites is 2. The van der Waals surface area contributed by atoms with Gasteiger partial charge in [-0.15, -0.1) is 0 Å². The standard InChI is InChI=1S/C65H45NO2/c1-3-17-51(56-26-16-27-57-58-38-44-18-10-11-19-45(44)39-63(58)68-64(56)57)42(2)66(49-33-30-43(31-34-49)46-32-36-55-54-25-13-15-29-61(54)67-62(55)40-46)50-35-37-53-52-24-12-14-28-59(52)65(60(53)41-50,47-20-6-4-7-21-47)48-22-8-5-9-23-48/h3-41H,1-2H3/b17-3-,51-42-. The lowest BCUT2D eigenvalue weighted by Crippen LogP contribution is -2.29. The quantitative estimate of drug-likeness (QED) is 0.143. The molecule has 322 valence electrons. The molecule has 13 rings (SSSR count). The maximum absolute atomic E-state index is 6.90. The molecule has 3 heteroatoms. The molecule has 0 spiro atoms. The van der Waals surface area contributed by atoms with E-state index in [1.807, 2.05) is 12.1 Å². The molecule has 68 heavy (non-hydrogen) atoms. The normalized spacial score (nSPS) is 13.4. The first-order valence-electron chi connectivity index (χ1n) is 23.4. The number of benzene rings is 10. The van der Waals surface area contributed by atoms with Crippen molar-refractivity contribution in [3.05, 3.63) is 270 Å². The van der Waals surface area contributed by atoms with Crippen LogP contribution in [0.15, 0.2) is 251 Å². The van der Waals surface area contributed by atoms with Crippen molar-refractivity contribution in [2.24, 2.45) is 0 Å². The van der Waals surface area contributed by atoms with Crippen molar-refractivity contribution >= 4 is 71.6 Å². The van der Waals surface area contributed by atoms with E-state index < -0.39 is 5.41 Å². The predicted molar refractivity (Wildman–Crippen MR) is 284 cm³/mol. The zero-order chi connectivity index (χ0) is 45.3. The van der Waals surface area contributed by atoms with Crippen LogP contribution in [0.2, 0.25) is 0 Å². The van der Waals surface area contributed by atoms with E-state index in [0.29, 0.717) is 0 Å². The second-order valence-electron chi connectivity index (χ2n) is 17.9. The van der Waals surface area contributed by atoms with E-state index in [2.05, 4.69) is 243 Å². The number of hydrogen-bond donors (Lipinski definition) is 0. The van der Waals surface area contributed by atoms with Crippen LogP contribution in [0.25, 0.3) is 82.5 Å². The molecule has 0 saturated heterocycles. The van der Waals surface area contributed by atoms with Gasteiger partial charge in [-0.05, 0) is 124 Å². The fraction of sp³-hybridized carbons (Fsp3) is 0.0462. The molecule has 0 atom stereocenters. The third-order valence-electron chi connectivity index (χ3n) is 14.3. The number of allylic oxidation sites excluding steroid dienone is 4. The molecule has 1 aliphatic carbocycles. The number of furan rings is 2. The monoisotopic (exact) mass is 871 g/mol. The molecule has 3 nitrogen and oxygen atoms in total. The van der Waals surface area contributed by atoms with Crippen LogP contribution < -0.4 is 4.90 Å². The molecule has 0 bridgehead atoms. The number of fused-ring (bicyclic) bond motifs is 10. The third kappa shape index (κ3) is 6.06. The maximum atomic E-state index is 6.90. The smallest absolute Gasteiger partial charge is 0.143 e. The van der Waals surface area contributed by atoms with Gasteiger partial charge in [0.15, 0.2) is 0 Å². The van der Waals surface area contributed by atoms with E-state index in [1.54, 1.807) is 0 Å². The van der Waals surface area contributed by atoms with Crippen LogP contribution in [0.1, 0.15) is 41.7 Å². The van der Waals surface area contributed by atoms with Gasteiger partial charge in [-0.1, -0.05) is 182 Å². The Morgan fingerprint density at radius 3 is 1.84 bits per heavy atom. The summed E-state index contributed by atoms with van der Waals surface area (Å²) in [6, 6.07) is 81.4. The second kappa shape index (κ2) is 15.8. The zero-order valence-electron chi connectivity index (χ0n) is 37.8. The Kier molecular flexibility index (Phi) is 9.19. The Morgan fingerprint density at radius 1 is 0.441 bits per heavy atom. The molecule has 0 radical (unpaired) electrons. The summed E-state index contributed by atoms with van der Waals surface area (Å²) in [7, 11) is 0. The summed E-state index contributed by atoms with van der Waals surface area (Å²) in [5.41, 5.74) is 18.0. The van der Waals surface area contributed by atoms with Crippen molar-refractivity contribution < 1.29 is 8.83 Å². The number of hydrogen-bond acceptors (Lipinski definition) is 3. The minimum absolute atomic E-state index is 0.553. The Hall–Kier alpha value is -8.66. The lowest BCUT2D eigenvalue weighted by molar-refractivity contribution is 0.668. The summed E-state index contributed by atoms with van der Waals surface area (Å²) in [4.78, 5) is 2.43. The molecule has 0 N–H and O–H groups in total. The van der Waals surface area contributed by atoms with Crippen molar-refractivity contribution in [2.75, 3.05) is 4.90 Å². The maximum Gasteiger partial charge on any atom is 0.143 e. The molecule has 2 aromatic heterocycles. The van der Waals surface area contributed by atoms with Crippen LogP contribution in [0.5, 0.6) is 0 Å². The second-order valence-corrected chi connectivity index (χ2v) is 17.9. The summed E-state index contributed by atoms with van der Waals surface area (Å²) < 4.78 is 13.2. The first kappa shape index (κ1) is 39.7. The Labute approximate surface area is 395 Å². The highest BCUT2D eigenvalue weighted by molar-refractivity contribution is 6.13. The van der Waals surface area contributed by atoms with Crippen LogP contribution in [0.3, 0.4) is 0 Å².